The number of fused-ring (bicyclic) bond motifs is 2. The fourth-order valence-electron chi connectivity index (χ4n) is 5.23. The molecule has 0 unspecified atom stereocenters. The van der Waals surface area contributed by atoms with E-state index in [4.69, 9.17) is 0 Å². The highest BCUT2D eigenvalue weighted by molar-refractivity contribution is 5.98. The van der Waals surface area contributed by atoms with Crippen molar-refractivity contribution in [2.45, 2.75) is 44.7 Å². The molecule has 2 aliphatic heterocycles. The third kappa shape index (κ3) is 2.97. The average molecular weight is 408 g/mol. The van der Waals surface area contributed by atoms with Crippen LogP contribution < -0.4 is 0 Å². The van der Waals surface area contributed by atoms with E-state index in [0.29, 0.717) is 30.0 Å². The van der Waals surface area contributed by atoms with Crippen molar-refractivity contribution in [3.8, 4) is 5.75 Å². The van der Waals surface area contributed by atoms with Gasteiger partial charge in [0, 0.05) is 43.4 Å². The number of phenolic OH excluding ortho intramolecular Hbond substituents is 1. The van der Waals surface area contributed by atoms with Crippen LogP contribution >= 0.6 is 0 Å². The number of likely N-dealkylation sites (N-methyl/N-ethyl adjacent to an activating group) is 1. The predicted octanol–water partition coefficient (Wildman–Crippen LogP) is 3.17. The van der Waals surface area contributed by atoms with Gasteiger partial charge in [0.2, 0.25) is 0 Å². The van der Waals surface area contributed by atoms with E-state index < -0.39 is 0 Å². The van der Waals surface area contributed by atoms with E-state index in [0.717, 1.165) is 44.5 Å². The summed E-state index contributed by atoms with van der Waals surface area (Å²) < 4.78 is 2.25. The molecule has 0 atom stereocenters. The topological polar surface area (TPSA) is 65.8 Å². The van der Waals surface area contributed by atoms with Crippen LogP contribution in [-0.4, -0.2) is 57.8 Å². The molecule has 30 heavy (non-hydrogen) atoms. The minimum atomic E-state index is -0.123. The Morgan fingerprint density at radius 3 is 2.43 bits per heavy atom. The SMILES string of the molecule is Cc1cc(C(=O)N2CCC3(CC2)c2ccc(C(=O)C4CC4)n2CCN3C)ccc1O. The highest BCUT2D eigenvalue weighted by Gasteiger charge is 2.46. The van der Waals surface area contributed by atoms with Crippen molar-refractivity contribution >= 4 is 11.7 Å². The summed E-state index contributed by atoms with van der Waals surface area (Å²) in [6.07, 6.45) is 3.76. The summed E-state index contributed by atoms with van der Waals surface area (Å²) in [4.78, 5) is 30.1. The zero-order valence-electron chi connectivity index (χ0n) is 17.7. The second-order valence-electron chi connectivity index (χ2n) is 9.14. The highest BCUT2D eigenvalue weighted by atomic mass is 16.3. The molecule has 1 aromatic carbocycles. The Bertz CT molecular complexity index is 1010. The number of Topliss-reactive ketones (excluding diaryl/α,β-unsaturated/α-hetero) is 1. The molecule has 1 saturated heterocycles. The molecule has 1 spiro atoms. The fourth-order valence-corrected chi connectivity index (χ4v) is 5.23. The number of hydrogen-bond donors (Lipinski definition) is 1. The smallest absolute Gasteiger partial charge is 0.253 e. The van der Waals surface area contributed by atoms with Gasteiger partial charge in [0.1, 0.15) is 5.75 Å². The molecule has 2 fully saturated rings. The molecule has 1 N–H and O–H groups in total. The molecule has 6 nitrogen and oxygen atoms in total. The van der Waals surface area contributed by atoms with Gasteiger partial charge in [-0.15, -0.1) is 0 Å². The molecule has 3 heterocycles. The number of aryl methyl sites for hydroxylation is 1. The van der Waals surface area contributed by atoms with E-state index in [2.05, 4.69) is 22.6 Å². The number of piperidine rings is 1. The van der Waals surface area contributed by atoms with Crippen LogP contribution in [0.3, 0.4) is 0 Å². The first-order valence-corrected chi connectivity index (χ1v) is 10.9. The van der Waals surface area contributed by atoms with Crippen LogP contribution in [0.1, 0.15) is 57.8 Å². The van der Waals surface area contributed by atoms with Crippen molar-refractivity contribution in [3.05, 3.63) is 52.8 Å². The minimum absolute atomic E-state index is 0.0198. The number of aromatic nitrogens is 1. The summed E-state index contributed by atoms with van der Waals surface area (Å²) in [5.41, 5.74) is 3.32. The molecule has 1 aliphatic carbocycles. The number of carbonyl (C=O) groups excluding carboxylic acids is 2. The maximum absolute atomic E-state index is 13.0. The van der Waals surface area contributed by atoms with Crippen molar-refractivity contribution in [2.75, 3.05) is 26.7 Å². The van der Waals surface area contributed by atoms with Gasteiger partial charge in [0.15, 0.2) is 5.78 Å². The first kappa shape index (κ1) is 19.4. The van der Waals surface area contributed by atoms with Crippen molar-refractivity contribution in [3.63, 3.8) is 0 Å². The number of aromatic hydroxyl groups is 1. The summed E-state index contributed by atoms with van der Waals surface area (Å²) in [6, 6.07) is 9.21. The Labute approximate surface area is 177 Å². The molecule has 1 amide bonds. The van der Waals surface area contributed by atoms with E-state index >= 15 is 0 Å². The molecule has 1 saturated carbocycles. The maximum atomic E-state index is 13.0. The number of amides is 1. The third-order valence-electron chi connectivity index (χ3n) is 7.37. The predicted molar refractivity (Wildman–Crippen MR) is 114 cm³/mol. The molecule has 3 aliphatic rings. The number of ketones is 1. The number of carbonyl (C=O) groups is 2. The Morgan fingerprint density at radius 2 is 1.77 bits per heavy atom. The average Bonchev–Trinajstić information content (AvgIpc) is 3.51. The quantitative estimate of drug-likeness (QED) is 0.794. The van der Waals surface area contributed by atoms with E-state index in [-0.39, 0.29) is 23.1 Å². The number of rotatable bonds is 3. The summed E-state index contributed by atoms with van der Waals surface area (Å²) in [7, 11) is 2.17. The molecule has 0 radical (unpaired) electrons. The lowest BCUT2D eigenvalue weighted by Crippen LogP contribution is -2.56. The standard InChI is InChI=1S/C24H29N3O3/c1-16-15-18(5-7-20(16)28)23(30)26-11-9-24(10-12-26)21-8-6-19(22(29)17-3-4-17)27(21)14-13-25(24)2/h5-8,15,17,28H,3-4,9-14H2,1-2H3. The van der Waals surface area contributed by atoms with E-state index in [1.807, 2.05) is 17.9 Å². The van der Waals surface area contributed by atoms with Gasteiger partial charge in [-0.3, -0.25) is 14.5 Å². The van der Waals surface area contributed by atoms with Gasteiger partial charge in [-0.2, -0.15) is 0 Å². The molecule has 2 aromatic rings. The maximum Gasteiger partial charge on any atom is 0.253 e. The van der Waals surface area contributed by atoms with Crippen molar-refractivity contribution in [1.82, 2.24) is 14.4 Å². The third-order valence-corrected chi connectivity index (χ3v) is 7.37. The number of phenols is 1. The largest absolute Gasteiger partial charge is 0.508 e. The second kappa shape index (κ2) is 6.98. The lowest BCUT2D eigenvalue weighted by Gasteiger charge is -2.50. The Balaban J connectivity index is 1.38. The number of nitrogens with zero attached hydrogens (tertiary/aromatic N) is 3. The summed E-state index contributed by atoms with van der Waals surface area (Å²) in [6.45, 7) is 4.94. The van der Waals surface area contributed by atoms with Crippen LogP contribution in [0.5, 0.6) is 5.75 Å². The minimum Gasteiger partial charge on any atom is -0.508 e. The molecule has 6 heteroatoms. The molecule has 0 bridgehead atoms. The Morgan fingerprint density at radius 1 is 1.03 bits per heavy atom. The molecular formula is C24H29N3O3. The lowest BCUT2D eigenvalue weighted by atomic mass is 9.81. The van der Waals surface area contributed by atoms with Gasteiger partial charge in [-0.1, -0.05) is 0 Å². The summed E-state index contributed by atoms with van der Waals surface area (Å²) >= 11 is 0. The molecule has 5 rings (SSSR count). The summed E-state index contributed by atoms with van der Waals surface area (Å²) in [5.74, 6) is 0.765. The second-order valence-corrected chi connectivity index (χ2v) is 9.14. The lowest BCUT2D eigenvalue weighted by molar-refractivity contribution is 0.0127. The van der Waals surface area contributed by atoms with Crippen molar-refractivity contribution in [2.24, 2.45) is 5.92 Å². The van der Waals surface area contributed by atoms with Gasteiger partial charge in [0.25, 0.3) is 5.91 Å². The van der Waals surface area contributed by atoms with Crippen LogP contribution in [0.2, 0.25) is 0 Å². The molecule has 1 aromatic heterocycles. The van der Waals surface area contributed by atoms with Gasteiger partial charge in [-0.25, -0.2) is 0 Å². The van der Waals surface area contributed by atoms with Gasteiger partial charge in [0.05, 0.1) is 11.2 Å². The first-order chi connectivity index (χ1) is 14.4. The van der Waals surface area contributed by atoms with Crippen molar-refractivity contribution < 1.29 is 14.7 Å². The van der Waals surface area contributed by atoms with Gasteiger partial charge in [-0.05, 0) is 75.5 Å². The van der Waals surface area contributed by atoms with Crippen LogP contribution in [0, 0.1) is 12.8 Å². The van der Waals surface area contributed by atoms with Gasteiger partial charge >= 0.3 is 0 Å². The zero-order valence-corrected chi connectivity index (χ0v) is 17.7. The number of likely N-dealkylation sites (tertiary alicyclic amines) is 1. The van der Waals surface area contributed by atoms with E-state index in [1.54, 1.807) is 18.2 Å². The van der Waals surface area contributed by atoms with Crippen LogP contribution in [0.25, 0.3) is 0 Å². The first-order valence-electron chi connectivity index (χ1n) is 10.9. The normalized spacial score (nSPS) is 20.9. The monoisotopic (exact) mass is 407 g/mol. The van der Waals surface area contributed by atoms with Crippen molar-refractivity contribution in [1.29, 1.82) is 0 Å². The van der Waals surface area contributed by atoms with Crippen LogP contribution in [0.15, 0.2) is 30.3 Å². The zero-order chi connectivity index (χ0) is 21.0. The van der Waals surface area contributed by atoms with Gasteiger partial charge < -0.3 is 14.6 Å². The van der Waals surface area contributed by atoms with Crippen LogP contribution in [-0.2, 0) is 12.1 Å². The fraction of sp³-hybridized carbons (Fsp3) is 0.500. The molecular weight excluding hydrogens is 378 g/mol. The van der Waals surface area contributed by atoms with E-state index in [9.17, 15) is 14.7 Å². The Hall–Kier alpha value is -2.60. The number of benzene rings is 1. The van der Waals surface area contributed by atoms with E-state index in [1.165, 1.54) is 5.69 Å². The highest BCUT2D eigenvalue weighted by Crippen LogP contribution is 2.43. The molecule has 158 valence electrons. The summed E-state index contributed by atoms with van der Waals surface area (Å²) in [5, 5.41) is 9.75. The number of hydrogen-bond acceptors (Lipinski definition) is 4. The Kier molecular flexibility index (Phi) is 4.51. The van der Waals surface area contributed by atoms with Crippen LogP contribution in [0.4, 0.5) is 0 Å².